The maximum Gasteiger partial charge on any atom is 0.191 e. The van der Waals surface area contributed by atoms with E-state index in [-0.39, 0.29) is 24.0 Å². The monoisotopic (exact) mass is 457 g/mol. The number of halogens is 3. The fourth-order valence-corrected chi connectivity index (χ4v) is 3.22. The lowest BCUT2D eigenvalue weighted by atomic mass is 10.2. The van der Waals surface area contributed by atoms with Crippen LogP contribution < -0.4 is 15.4 Å². The van der Waals surface area contributed by atoms with Crippen molar-refractivity contribution in [3.8, 4) is 5.75 Å². The zero-order valence-corrected chi connectivity index (χ0v) is 16.1. The molecule has 0 aliphatic carbocycles. The molecule has 1 aromatic rings. The number of guanidine groups is 1. The number of hydrogen-bond acceptors (Lipinski definition) is 3. The maximum absolute atomic E-state index is 13.0. The summed E-state index contributed by atoms with van der Waals surface area (Å²) in [6, 6.07) is 3.95. The third-order valence-corrected chi connectivity index (χ3v) is 4.49. The van der Waals surface area contributed by atoms with E-state index >= 15 is 0 Å². The summed E-state index contributed by atoms with van der Waals surface area (Å²) in [5, 5.41) is 6.52. The first kappa shape index (κ1) is 20.3. The predicted octanol–water partition coefficient (Wildman–Crippen LogP) is 3.02. The minimum absolute atomic E-state index is 0. The molecule has 1 atom stereocenters. The molecule has 0 saturated carbocycles. The van der Waals surface area contributed by atoms with Crippen LogP contribution in [0.15, 0.2) is 23.2 Å². The van der Waals surface area contributed by atoms with Crippen molar-refractivity contribution in [3.63, 3.8) is 0 Å². The van der Waals surface area contributed by atoms with Gasteiger partial charge in [-0.05, 0) is 30.7 Å². The molecule has 1 saturated heterocycles. The van der Waals surface area contributed by atoms with E-state index in [2.05, 4.69) is 15.6 Å². The van der Waals surface area contributed by atoms with E-state index in [1.54, 1.807) is 7.05 Å². The molecule has 1 fully saturated rings. The molecule has 8 heteroatoms. The van der Waals surface area contributed by atoms with Crippen molar-refractivity contribution in [1.82, 2.24) is 10.6 Å². The van der Waals surface area contributed by atoms with Gasteiger partial charge in [0.05, 0.1) is 6.54 Å². The molecule has 2 N–H and O–H groups in total. The number of rotatable bonds is 5. The quantitative estimate of drug-likeness (QED) is 0.309. The molecule has 130 valence electrons. The second kappa shape index (κ2) is 10.9. The Morgan fingerprint density at radius 1 is 1.39 bits per heavy atom. The second-order valence-electron chi connectivity index (χ2n) is 4.98. The van der Waals surface area contributed by atoms with Gasteiger partial charge in [-0.3, -0.25) is 4.99 Å². The summed E-state index contributed by atoms with van der Waals surface area (Å²) in [7, 11) is 1.72. The topological polar surface area (TPSA) is 45.7 Å². The fourth-order valence-electron chi connectivity index (χ4n) is 2.15. The van der Waals surface area contributed by atoms with Crippen molar-refractivity contribution in [2.75, 3.05) is 31.7 Å². The Kier molecular flexibility index (Phi) is 9.61. The van der Waals surface area contributed by atoms with Crippen LogP contribution in [0.5, 0.6) is 5.75 Å². The molecule has 2 rings (SSSR count). The summed E-state index contributed by atoms with van der Waals surface area (Å²) >= 11 is 1.95. The van der Waals surface area contributed by atoms with E-state index < -0.39 is 11.6 Å². The highest BCUT2D eigenvalue weighted by Gasteiger charge is 2.14. The highest BCUT2D eigenvalue weighted by molar-refractivity contribution is 14.0. The van der Waals surface area contributed by atoms with Crippen LogP contribution >= 0.6 is 35.7 Å². The molecule has 0 spiro atoms. The van der Waals surface area contributed by atoms with Crippen molar-refractivity contribution < 1.29 is 13.5 Å². The normalized spacial score (nSPS) is 18.0. The average molecular weight is 457 g/mol. The van der Waals surface area contributed by atoms with E-state index in [1.807, 2.05) is 11.8 Å². The molecular formula is C15H22F2IN3OS. The molecule has 1 aromatic carbocycles. The van der Waals surface area contributed by atoms with Gasteiger partial charge in [-0.15, -0.1) is 24.0 Å². The third-order valence-electron chi connectivity index (χ3n) is 3.28. The van der Waals surface area contributed by atoms with Crippen molar-refractivity contribution in [3.05, 3.63) is 29.8 Å². The van der Waals surface area contributed by atoms with Crippen LogP contribution in [0.3, 0.4) is 0 Å². The van der Waals surface area contributed by atoms with E-state index in [9.17, 15) is 8.78 Å². The molecule has 23 heavy (non-hydrogen) atoms. The Hall–Kier alpha value is -0.770. The van der Waals surface area contributed by atoms with Gasteiger partial charge in [-0.1, -0.05) is 0 Å². The number of benzene rings is 1. The van der Waals surface area contributed by atoms with Crippen LogP contribution in [0.25, 0.3) is 0 Å². The van der Waals surface area contributed by atoms with Crippen LogP contribution in [0, 0.1) is 11.6 Å². The number of ether oxygens (including phenoxy) is 1. The highest BCUT2D eigenvalue weighted by Crippen LogP contribution is 2.17. The zero-order valence-electron chi connectivity index (χ0n) is 13.0. The van der Waals surface area contributed by atoms with E-state index in [0.29, 0.717) is 24.9 Å². The minimum atomic E-state index is -0.905. The largest absolute Gasteiger partial charge is 0.492 e. The van der Waals surface area contributed by atoms with E-state index in [4.69, 9.17) is 4.74 Å². The third kappa shape index (κ3) is 7.11. The molecule has 0 aromatic heterocycles. The van der Waals surface area contributed by atoms with Crippen molar-refractivity contribution in [1.29, 1.82) is 0 Å². The predicted molar refractivity (Wildman–Crippen MR) is 102 cm³/mol. The number of hydrogen-bond donors (Lipinski definition) is 2. The number of nitrogens with zero attached hydrogens (tertiary/aromatic N) is 1. The van der Waals surface area contributed by atoms with Gasteiger partial charge >= 0.3 is 0 Å². The Bertz CT molecular complexity index is 513. The van der Waals surface area contributed by atoms with Gasteiger partial charge < -0.3 is 15.4 Å². The Balaban J connectivity index is 0.00000264. The van der Waals surface area contributed by atoms with Gasteiger partial charge in [0.25, 0.3) is 0 Å². The molecule has 1 aliphatic rings. The standard InChI is InChI=1S/C15H21F2N3OS.HI/c1-18-15(20-11-3-2-8-22-10-11)19-6-7-21-12-4-5-13(16)14(17)9-12;/h4-5,9,11H,2-3,6-8,10H2,1H3,(H2,18,19,20);1H. The summed E-state index contributed by atoms with van der Waals surface area (Å²) in [4.78, 5) is 4.17. The summed E-state index contributed by atoms with van der Waals surface area (Å²) in [5.41, 5.74) is 0. The Morgan fingerprint density at radius 2 is 2.22 bits per heavy atom. The Labute approximate surface area is 156 Å². The lowest BCUT2D eigenvalue weighted by molar-refractivity contribution is 0.318. The van der Waals surface area contributed by atoms with Crippen LogP contribution in [-0.4, -0.2) is 43.7 Å². The molecule has 1 heterocycles. The van der Waals surface area contributed by atoms with Crippen LogP contribution in [0.1, 0.15) is 12.8 Å². The van der Waals surface area contributed by atoms with Gasteiger partial charge in [0.15, 0.2) is 17.6 Å². The molecule has 0 radical (unpaired) electrons. The molecule has 0 bridgehead atoms. The molecule has 4 nitrogen and oxygen atoms in total. The van der Waals surface area contributed by atoms with Gasteiger partial charge in [0, 0.05) is 24.9 Å². The van der Waals surface area contributed by atoms with Crippen LogP contribution in [0.4, 0.5) is 8.78 Å². The smallest absolute Gasteiger partial charge is 0.191 e. The van der Waals surface area contributed by atoms with Crippen molar-refractivity contribution in [2.24, 2.45) is 4.99 Å². The SMILES string of the molecule is CN=C(NCCOc1ccc(F)c(F)c1)NC1CCCSC1.I. The zero-order chi connectivity index (χ0) is 15.8. The molecule has 1 unspecified atom stereocenters. The molecular weight excluding hydrogens is 435 g/mol. The first-order valence-electron chi connectivity index (χ1n) is 7.32. The van der Waals surface area contributed by atoms with E-state index in [0.717, 1.165) is 30.3 Å². The van der Waals surface area contributed by atoms with Crippen molar-refractivity contribution in [2.45, 2.75) is 18.9 Å². The second-order valence-corrected chi connectivity index (χ2v) is 6.13. The van der Waals surface area contributed by atoms with Crippen LogP contribution in [-0.2, 0) is 0 Å². The van der Waals surface area contributed by atoms with Gasteiger partial charge in [0.2, 0.25) is 0 Å². The lowest BCUT2D eigenvalue weighted by Gasteiger charge is -2.24. The average Bonchev–Trinajstić information content (AvgIpc) is 2.54. The summed E-state index contributed by atoms with van der Waals surface area (Å²) in [5.74, 6) is 1.59. The fraction of sp³-hybridized carbons (Fsp3) is 0.533. The van der Waals surface area contributed by atoms with Crippen molar-refractivity contribution >= 4 is 41.7 Å². The molecule has 1 aliphatic heterocycles. The number of nitrogens with one attached hydrogen (secondary N) is 2. The summed E-state index contributed by atoms with van der Waals surface area (Å²) in [6.45, 7) is 0.865. The first-order valence-corrected chi connectivity index (χ1v) is 8.47. The first-order chi connectivity index (χ1) is 10.7. The van der Waals surface area contributed by atoms with E-state index in [1.165, 1.54) is 18.2 Å². The Morgan fingerprint density at radius 3 is 2.87 bits per heavy atom. The minimum Gasteiger partial charge on any atom is -0.492 e. The maximum atomic E-state index is 13.0. The van der Waals surface area contributed by atoms with Gasteiger partial charge in [-0.25, -0.2) is 8.78 Å². The summed E-state index contributed by atoms with van der Waals surface area (Å²) < 4.78 is 31.2. The number of aliphatic imine (C=N–C) groups is 1. The van der Waals surface area contributed by atoms with Gasteiger partial charge in [-0.2, -0.15) is 11.8 Å². The highest BCUT2D eigenvalue weighted by atomic mass is 127. The van der Waals surface area contributed by atoms with Crippen LogP contribution in [0.2, 0.25) is 0 Å². The summed E-state index contributed by atoms with van der Waals surface area (Å²) in [6.07, 6.45) is 2.37. The molecule has 0 amide bonds. The number of thioether (sulfide) groups is 1. The van der Waals surface area contributed by atoms with Gasteiger partial charge in [0.1, 0.15) is 12.4 Å². The lowest BCUT2D eigenvalue weighted by Crippen LogP contribution is -2.46.